The average molecular weight is 329 g/mol. The van der Waals surface area contributed by atoms with Crippen molar-refractivity contribution in [2.24, 2.45) is 0 Å². The first-order valence-electron chi connectivity index (χ1n) is 8.05. The van der Waals surface area contributed by atoms with Gasteiger partial charge in [0.05, 0.1) is 16.6 Å². The molecule has 0 aliphatic rings. The zero-order valence-corrected chi connectivity index (χ0v) is 13.8. The van der Waals surface area contributed by atoms with Crippen LogP contribution in [0.1, 0.15) is 0 Å². The van der Waals surface area contributed by atoms with E-state index in [0.717, 1.165) is 38.4 Å². The number of phenols is 1. The first kappa shape index (κ1) is 14.0. The Kier molecular flexibility index (Phi) is 2.58. The number of benzene rings is 2. The van der Waals surface area contributed by atoms with Gasteiger partial charge in [-0.1, -0.05) is 0 Å². The molecule has 2 aromatic carbocycles. The average Bonchev–Trinajstić information content (AvgIpc) is 2.94. The third-order valence-electron chi connectivity index (χ3n) is 4.87. The molecule has 0 saturated heterocycles. The molecule has 122 valence electrons. The highest BCUT2D eigenvalue weighted by Crippen LogP contribution is 2.35. The minimum absolute atomic E-state index is 0.0634. The Labute approximate surface area is 142 Å². The van der Waals surface area contributed by atoms with Gasteiger partial charge in [-0.15, -0.1) is 0 Å². The van der Waals surface area contributed by atoms with Crippen LogP contribution in [0.25, 0.3) is 38.1 Å². The number of anilines is 1. The molecule has 3 heterocycles. The van der Waals surface area contributed by atoms with Crippen molar-refractivity contribution in [1.82, 2.24) is 9.38 Å². The lowest BCUT2D eigenvalue weighted by Crippen LogP contribution is -2.14. The second-order valence-corrected chi connectivity index (χ2v) is 6.52. The summed E-state index contributed by atoms with van der Waals surface area (Å²) in [5.74, 6) is 0.184. The molecule has 0 saturated carbocycles. The van der Waals surface area contributed by atoms with E-state index in [0.29, 0.717) is 5.39 Å². The lowest BCUT2D eigenvalue weighted by Gasteiger charge is -2.13. The lowest BCUT2D eigenvalue weighted by molar-refractivity contribution is 0.476. The molecular formula is C20H15N3O2. The number of hydrogen-bond acceptors (Lipinski definition) is 4. The zero-order valence-electron chi connectivity index (χ0n) is 13.8. The van der Waals surface area contributed by atoms with Gasteiger partial charge in [0.15, 0.2) is 0 Å². The second-order valence-electron chi connectivity index (χ2n) is 6.52. The molecule has 0 spiro atoms. The molecule has 0 aliphatic carbocycles. The summed E-state index contributed by atoms with van der Waals surface area (Å²) in [5, 5.41) is 13.1. The normalized spacial score (nSPS) is 11.9. The number of hydrogen-bond donors (Lipinski definition) is 1. The van der Waals surface area contributed by atoms with Crippen LogP contribution in [0.2, 0.25) is 0 Å². The number of aromatic hydroxyl groups is 1. The van der Waals surface area contributed by atoms with Crippen LogP contribution in [0.4, 0.5) is 5.69 Å². The molecule has 0 radical (unpaired) electrons. The Morgan fingerprint density at radius 1 is 0.960 bits per heavy atom. The van der Waals surface area contributed by atoms with E-state index >= 15 is 0 Å². The fourth-order valence-corrected chi connectivity index (χ4v) is 3.67. The Hall–Kier alpha value is -3.34. The smallest absolute Gasteiger partial charge is 0.263 e. The summed E-state index contributed by atoms with van der Waals surface area (Å²) < 4.78 is 1.71. The molecule has 25 heavy (non-hydrogen) atoms. The summed E-state index contributed by atoms with van der Waals surface area (Å²) in [6.45, 7) is 0. The van der Waals surface area contributed by atoms with Crippen molar-refractivity contribution in [2.75, 3.05) is 19.0 Å². The molecule has 5 heteroatoms. The monoisotopic (exact) mass is 329 g/mol. The summed E-state index contributed by atoms with van der Waals surface area (Å²) in [4.78, 5) is 19.8. The second kappa shape index (κ2) is 4.60. The third-order valence-corrected chi connectivity index (χ3v) is 4.87. The predicted molar refractivity (Wildman–Crippen MR) is 101 cm³/mol. The summed E-state index contributed by atoms with van der Waals surface area (Å²) in [7, 11) is 3.94. The fraction of sp³-hybridized carbons (Fsp3) is 0.100. The standard InChI is InChI=1S/C20H15N3O2/c1-22(2)11-3-5-14-16(9-11)18-19-13(7-8-21-18)15-10-12(24)4-6-17(15)23(19)20(14)25/h3-10,24H,1-2H3. The van der Waals surface area contributed by atoms with Crippen molar-refractivity contribution in [1.29, 1.82) is 0 Å². The minimum Gasteiger partial charge on any atom is -0.508 e. The van der Waals surface area contributed by atoms with Gasteiger partial charge in [-0.05, 0) is 42.5 Å². The highest BCUT2D eigenvalue weighted by molar-refractivity contribution is 6.19. The van der Waals surface area contributed by atoms with Crippen molar-refractivity contribution < 1.29 is 5.11 Å². The van der Waals surface area contributed by atoms with E-state index in [9.17, 15) is 9.90 Å². The summed E-state index contributed by atoms with van der Waals surface area (Å²) in [6.07, 6.45) is 1.76. The number of nitrogens with zero attached hydrogens (tertiary/aromatic N) is 3. The Morgan fingerprint density at radius 2 is 1.80 bits per heavy atom. The van der Waals surface area contributed by atoms with Gasteiger partial charge in [0.1, 0.15) is 5.75 Å². The van der Waals surface area contributed by atoms with E-state index < -0.39 is 0 Å². The maximum absolute atomic E-state index is 13.2. The quantitative estimate of drug-likeness (QED) is 0.479. The van der Waals surface area contributed by atoms with Crippen LogP contribution in [0.3, 0.4) is 0 Å². The molecule has 0 fully saturated rings. The largest absolute Gasteiger partial charge is 0.508 e. The van der Waals surface area contributed by atoms with Crippen LogP contribution in [0.15, 0.2) is 53.5 Å². The van der Waals surface area contributed by atoms with Crippen LogP contribution in [0.5, 0.6) is 5.75 Å². The van der Waals surface area contributed by atoms with E-state index in [4.69, 9.17) is 0 Å². The van der Waals surface area contributed by atoms with Gasteiger partial charge in [0.25, 0.3) is 5.56 Å². The van der Waals surface area contributed by atoms with Gasteiger partial charge in [0, 0.05) is 47.5 Å². The topological polar surface area (TPSA) is 57.8 Å². The molecule has 5 aromatic rings. The van der Waals surface area contributed by atoms with Crippen LogP contribution in [0, 0.1) is 0 Å². The first-order valence-corrected chi connectivity index (χ1v) is 8.05. The van der Waals surface area contributed by atoms with Gasteiger partial charge in [-0.3, -0.25) is 14.2 Å². The Bertz CT molecular complexity index is 1350. The van der Waals surface area contributed by atoms with Crippen molar-refractivity contribution in [2.45, 2.75) is 0 Å². The highest BCUT2D eigenvalue weighted by Gasteiger charge is 2.18. The first-order chi connectivity index (χ1) is 12.1. The van der Waals surface area contributed by atoms with Crippen LogP contribution >= 0.6 is 0 Å². The lowest BCUT2D eigenvalue weighted by atomic mass is 10.1. The number of fused-ring (bicyclic) bond motifs is 5. The summed E-state index contributed by atoms with van der Waals surface area (Å²) in [5.41, 5.74) is 3.34. The van der Waals surface area contributed by atoms with Gasteiger partial charge in [-0.25, -0.2) is 0 Å². The number of phenolic OH excluding ortho intramolecular Hbond substituents is 1. The Morgan fingerprint density at radius 3 is 2.60 bits per heavy atom. The molecule has 0 atom stereocenters. The van der Waals surface area contributed by atoms with Crippen molar-refractivity contribution >= 4 is 43.8 Å². The maximum atomic E-state index is 13.2. The molecule has 0 amide bonds. The summed E-state index contributed by atoms with van der Waals surface area (Å²) >= 11 is 0. The number of rotatable bonds is 1. The van der Waals surface area contributed by atoms with E-state index in [-0.39, 0.29) is 11.3 Å². The molecule has 1 N–H and O–H groups in total. The molecule has 0 unspecified atom stereocenters. The van der Waals surface area contributed by atoms with Gasteiger partial charge >= 0.3 is 0 Å². The predicted octanol–water partition coefficient (Wildman–Crippen LogP) is 3.36. The molecule has 5 rings (SSSR count). The number of pyridine rings is 2. The molecular weight excluding hydrogens is 314 g/mol. The zero-order chi connectivity index (χ0) is 17.3. The Balaban J connectivity index is 2.14. The molecule has 3 aromatic heterocycles. The van der Waals surface area contributed by atoms with E-state index in [1.165, 1.54) is 0 Å². The van der Waals surface area contributed by atoms with Gasteiger partial charge in [-0.2, -0.15) is 0 Å². The van der Waals surface area contributed by atoms with E-state index in [2.05, 4.69) is 4.98 Å². The van der Waals surface area contributed by atoms with Crippen LogP contribution in [-0.2, 0) is 0 Å². The van der Waals surface area contributed by atoms with Crippen molar-refractivity contribution in [3.05, 3.63) is 59.0 Å². The maximum Gasteiger partial charge on any atom is 0.263 e. The third kappa shape index (κ3) is 1.72. The van der Waals surface area contributed by atoms with Crippen LogP contribution in [-0.4, -0.2) is 28.6 Å². The van der Waals surface area contributed by atoms with Crippen molar-refractivity contribution in [3.63, 3.8) is 0 Å². The fourth-order valence-electron chi connectivity index (χ4n) is 3.67. The summed E-state index contributed by atoms with van der Waals surface area (Å²) in [6, 6.07) is 12.8. The van der Waals surface area contributed by atoms with E-state index in [1.807, 2.05) is 43.3 Å². The van der Waals surface area contributed by atoms with Gasteiger partial charge < -0.3 is 10.0 Å². The molecule has 0 bridgehead atoms. The minimum atomic E-state index is -0.0634. The SMILES string of the molecule is CN(C)c1ccc2c(=O)n3c4ccc(O)cc4c4ccnc(c2c1)c43. The highest BCUT2D eigenvalue weighted by atomic mass is 16.3. The molecule has 0 aliphatic heterocycles. The van der Waals surface area contributed by atoms with Crippen LogP contribution < -0.4 is 10.5 Å². The van der Waals surface area contributed by atoms with Gasteiger partial charge in [0.2, 0.25) is 0 Å². The van der Waals surface area contributed by atoms with Crippen molar-refractivity contribution in [3.8, 4) is 5.75 Å². The molecule has 5 nitrogen and oxygen atoms in total. The van der Waals surface area contributed by atoms with E-state index in [1.54, 1.807) is 28.8 Å². The number of aromatic nitrogens is 2.